The highest BCUT2D eigenvalue weighted by atomic mass is 16.2. The zero-order valence-electron chi connectivity index (χ0n) is 24.6. The molecule has 0 bridgehead atoms. The first-order chi connectivity index (χ1) is 20.5. The highest BCUT2D eigenvalue weighted by molar-refractivity contribution is 6.36. The second-order valence-corrected chi connectivity index (χ2v) is 12.2. The lowest BCUT2D eigenvalue weighted by Crippen LogP contribution is -2.61. The predicted molar refractivity (Wildman–Crippen MR) is 161 cm³/mol. The van der Waals surface area contributed by atoms with Crippen LogP contribution in [0.5, 0.6) is 0 Å². The van der Waals surface area contributed by atoms with E-state index >= 15 is 0 Å². The van der Waals surface area contributed by atoms with Crippen LogP contribution in [0.1, 0.15) is 62.5 Å². The van der Waals surface area contributed by atoms with Crippen molar-refractivity contribution in [2.45, 2.75) is 76.3 Å². The summed E-state index contributed by atoms with van der Waals surface area (Å²) in [5.41, 5.74) is 2.31. The van der Waals surface area contributed by atoms with Crippen molar-refractivity contribution in [1.29, 1.82) is 0 Å². The van der Waals surface area contributed by atoms with E-state index in [4.69, 9.17) is 0 Å². The van der Waals surface area contributed by atoms with E-state index in [9.17, 15) is 19.2 Å². The van der Waals surface area contributed by atoms with Crippen LogP contribution in [-0.2, 0) is 32.0 Å². The number of hydrogen-bond acceptors (Lipinski definition) is 4. The Morgan fingerprint density at radius 3 is 2.10 bits per heavy atom. The summed E-state index contributed by atoms with van der Waals surface area (Å²) in [4.78, 5) is 56.8. The molecule has 3 aliphatic rings. The Bertz CT molecular complexity index is 1210. The third-order valence-corrected chi connectivity index (χ3v) is 9.19. The third kappa shape index (κ3) is 7.58. The maximum Gasteiger partial charge on any atom is 0.312 e. The van der Waals surface area contributed by atoms with Crippen LogP contribution >= 0.6 is 0 Å². The van der Waals surface area contributed by atoms with Gasteiger partial charge >= 0.3 is 23.6 Å². The summed E-state index contributed by atoms with van der Waals surface area (Å²) >= 11 is 0. The molecule has 0 radical (unpaired) electrons. The van der Waals surface area contributed by atoms with Crippen molar-refractivity contribution in [2.75, 3.05) is 32.7 Å². The van der Waals surface area contributed by atoms with Crippen LogP contribution in [-0.4, -0.2) is 83.1 Å². The van der Waals surface area contributed by atoms with Crippen molar-refractivity contribution >= 4 is 23.6 Å². The topological polar surface area (TPSA) is 90.0 Å². The van der Waals surface area contributed by atoms with Gasteiger partial charge in [0, 0.05) is 38.8 Å². The van der Waals surface area contributed by atoms with Gasteiger partial charge in [-0.05, 0) is 62.0 Å². The Kier molecular flexibility index (Phi) is 10.3. The van der Waals surface area contributed by atoms with E-state index in [-0.39, 0.29) is 23.9 Å². The lowest BCUT2D eigenvalue weighted by atomic mass is 9.88. The third-order valence-electron chi connectivity index (χ3n) is 9.19. The molecule has 2 saturated heterocycles. The second-order valence-electron chi connectivity index (χ2n) is 12.2. The second kappa shape index (κ2) is 14.5. The highest BCUT2D eigenvalue weighted by Gasteiger charge is 2.40. The number of rotatable bonds is 12. The minimum absolute atomic E-state index is 0.0285. The Labute approximate surface area is 249 Å². The fraction of sp³-hybridized carbons (Fsp3) is 0.529. The monoisotopic (exact) mass is 572 g/mol. The molecule has 2 aromatic rings. The number of carbonyl (C=O) groups excluding carboxylic acids is 4. The summed E-state index contributed by atoms with van der Waals surface area (Å²) in [5, 5.41) is 2.74. The molecule has 1 saturated carbocycles. The molecule has 1 N–H and O–H groups in total. The van der Waals surface area contributed by atoms with E-state index in [0.717, 1.165) is 44.1 Å². The van der Waals surface area contributed by atoms with Crippen LogP contribution in [0.3, 0.4) is 0 Å². The number of unbranched alkanes of at least 4 members (excludes halogenated alkanes) is 1. The van der Waals surface area contributed by atoms with E-state index in [2.05, 4.69) is 17.4 Å². The van der Waals surface area contributed by atoms with Crippen molar-refractivity contribution in [2.24, 2.45) is 5.92 Å². The Hall–Kier alpha value is -3.68. The number of hydrogen-bond donors (Lipinski definition) is 1. The van der Waals surface area contributed by atoms with E-state index in [1.807, 2.05) is 53.4 Å². The minimum atomic E-state index is -0.543. The van der Waals surface area contributed by atoms with Gasteiger partial charge < -0.3 is 20.0 Å². The van der Waals surface area contributed by atoms with Gasteiger partial charge in [-0.2, -0.15) is 0 Å². The zero-order chi connectivity index (χ0) is 29.3. The average molecular weight is 573 g/mol. The Morgan fingerprint density at radius 2 is 1.38 bits per heavy atom. The van der Waals surface area contributed by atoms with Crippen LogP contribution in [0.4, 0.5) is 0 Å². The van der Waals surface area contributed by atoms with Crippen molar-refractivity contribution in [1.82, 2.24) is 20.0 Å². The highest BCUT2D eigenvalue weighted by Crippen LogP contribution is 2.27. The molecule has 1 aliphatic carbocycles. The summed E-state index contributed by atoms with van der Waals surface area (Å²) in [6, 6.07) is 20.1. The van der Waals surface area contributed by atoms with E-state index in [1.165, 1.54) is 24.8 Å². The molecule has 2 aliphatic heterocycles. The molecule has 0 spiro atoms. The molecule has 42 heavy (non-hydrogen) atoms. The summed E-state index contributed by atoms with van der Waals surface area (Å²) in [7, 11) is 0. The number of nitrogens with zero attached hydrogens (tertiary/aromatic N) is 3. The molecule has 5 rings (SSSR count). The number of benzene rings is 2. The Morgan fingerprint density at radius 1 is 0.690 bits per heavy atom. The fourth-order valence-electron chi connectivity index (χ4n) is 6.80. The summed E-state index contributed by atoms with van der Waals surface area (Å²) < 4.78 is 0. The van der Waals surface area contributed by atoms with Crippen LogP contribution in [0, 0.1) is 5.92 Å². The van der Waals surface area contributed by atoms with Crippen LogP contribution in [0.15, 0.2) is 60.7 Å². The average Bonchev–Trinajstić information content (AvgIpc) is 3.02. The molecule has 224 valence electrons. The zero-order valence-corrected chi connectivity index (χ0v) is 24.6. The van der Waals surface area contributed by atoms with Gasteiger partial charge in [-0.15, -0.1) is 0 Å². The van der Waals surface area contributed by atoms with Crippen molar-refractivity contribution in [3.63, 3.8) is 0 Å². The van der Waals surface area contributed by atoms with Gasteiger partial charge in [-0.1, -0.05) is 79.9 Å². The standard InChI is InChI=1S/C34H44N4O4/c39-31-32(40)37(21-19-26-12-4-1-5-13-26)29(23-35-31)18-10-11-20-36-25-30(22-27-14-6-2-7-15-27)38(34(42)33(36)41)24-28-16-8-3-9-17-28/h1-2,4-7,12-15,28-30H,3,8-11,16-25H2,(H,35,39)/t29-,30+/m1/s1. The van der Waals surface area contributed by atoms with Gasteiger partial charge in [0.2, 0.25) is 0 Å². The summed E-state index contributed by atoms with van der Waals surface area (Å²) in [6.07, 6.45) is 9.64. The number of carbonyl (C=O) groups is 4. The molecular weight excluding hydrogens is 528 g/mol. The van der Waals surface area contributed by atoms with Crippen LogP contribution in [0.2, 0.25) is 0 Å². The first-order valence-electron chi connectivity index (χ1n) is 15.8. The molecule has 2 heterocycles. The molecule has 8 nitrogen and oxygen atoms in total. The summed E-state index contributed by atoms with van der Waals surface area (Å²) in [5.74, 6) is -1.29. The van der Waals surface area contributed by atoms with E-state index < -0.39 is 11.8 Å². The SMILES string of the molecule is O=C1NC[C@@H](CCCCN2C[C@H](Cc3ccccc3)N(CC3CCCCC3)C(=O)C2=O)N(CCc2ccccc2)C1=O. The normalized spacial score (nSPS) is 22.0. The molecule has 8 heteroatoms. The number of nitrogens with one attached hydrogen (secondary N) is 1. The quantitative estimate of drug-likeness (QED) is 0.311. The van der Waals surface area contributed by atoms with Crippen molar-refractivity contribution in [3.05, 3.63) is 71.8 Å². The first-order valence-corrected chi connectivity index (χ1v) is 15.8. The smallest absolute Gasteiger partial charge is 0.312 e. The molecule has 2 atom stereocenters. The molecule has 4 amide bonds. The number of piperazine rings is 2. The van der Waals surface area contributed by atoms with Gasteiger partial charge in [-0.3, -0.25) is 19.2 Å². The fourth-order valence-corrected chi connectivity index (χ4v) is 6.80. The van der Waals surface area contributed by atoms with Gasteiger partial charge in [0.05, 0.1) is 6.04 Å². The van der Waals surface area contributed by atoms with Gasteiger partial charge in [-0.25, -0.2) is 0 Å². The first kappa shape index (κ1) is 29.8. The number of amides is 4. The van der Waals surface area contributed by atoms with E-state index in [1.54, 1.807) is 9.80 Å². The molecule has 2 aromatic carbocycles. The maximum atomic E-state index is 13.4. The largest absolute Gasteiger partial charge is 0.346 e. The van der Waals surface area contributed by atoms with Crippen LogP contribution < -0.4 is 5.32 Å². The lowest BCUT2D eigenvalue weighted by molar-refractivity contribution is -0.159. The molecule has 0 unspecified atom stereocenters. The predicted octanol–water partition coefficient (Wildman–Crippen LogP) is 3.59. The minimum Gasteiger partial charge on any atom is -0.346 e. The van der Waals surface area contributed by atoms with Gasteiger partial charge in [0.15, 0.2) is 0 Å². The molecule has 3 fully saturated rings. The van der Waals surface area contributed by atoms with Crippen molar-refractivity contribution < 1.29 is 19.2 Å². The molecular formula is C34H44N4O4. The van der Waals surface area contributed by atoms with Crippen molar-refractivity contribution in [3.8, 4) is 0 Å². The lowest BCUT2D eigenvalue weighted by Gasteiger charge is -2.42. The molecule has 0 aromatic heterocycles. The van der Waals surface area contributed by atoms with Gasteiger partial charge in [0.1, 0.15) is 0 Å². The van der Waals surface area contributed by atoms with E-state index in [0.29, 0.717) is 45.1 Å². The van der Waals surface area contributed by atoms with Gasteiger partial charge in [0.25, 0.3) is 0 Å². The van der Waals surface area contributed by atoms with Crippen LogP contribution in [0.25, 0.3) is 0 Å². The summed E-state index contributed by atoms with van der Waals surface area (Å²) in [6.45, 7) is 2.68. The Balaban J connectivity index is 1.17. The maximum absolute atomic E-state index is 13.4.